The molecule has 2 N–H and O–H groups in total. The lowest BCUT2D eigenvalue weighted by atomic mass is 10.2. The molecule has 0 atom stereocenters. The van der Waals surface area contributed by atoms with Crippen molar-refractivity contribution in [2.75, 3.05) is 23.3 Å². The van der Waals surface area contributed by atoms with E-state index in [-0.39, 0.29) is 30.6 Å². The van der Waals surface area contributed by atoms with Gasteiger partial charge in [-0.2, -0.15) is 13.2 Å². The first-order valence-corrected chi connectivity index (χ1v) is 9.34. The molecule has 1 fully saturated rings. The van der Waals surface area contributed by atoms with Crippen molar-refractivity contribution in [2.45, 2.75) is 25.9 Å². The topological polar surface area (TPSA) is 61.4 Å². The molecule has 0 bridgehead atoms. The summed E-state index contributed by atoms with van der Waals surface area (Å²) in [5.74, 6) is -0.0775. The molecule has 0 radical (unpaired) electrons. The van der Waals surface area contributed by atoms with Gasteiger partial charge in [-0.05, 0) is 50.1 Å². The highest BCUT2D eigenvalue weighted by Crippen LogP contribution is 2.32. The number of alkyl halides is 3. The Balaban J connectivity index is 1.77. The van der Waals surface area contributed by atoms with E-state index in [1.165, 1.54) is 17.0 Å². The van der Waals surface area contributed by atoms with Crippen LogP contribution >= 0.6 is 0 Å². The van der Waals surface area contributed by atoms with E-state index < -0.39 is 17.8 Å². The first-order valence-electron chi connectivity index (χ1n) is 9.34. The summed E-state index contributed by atoms with van der Waals surface area (Å²) in [7, 11) is 0. The molecule has 154 valence electrons. The second-order valence-electron chi connectivity index (χ2n) is 7.06. The largest absolute Gasteiger partial charge is 0.416 e. The van der Waals surface area contributed by atoms with Gasteiger partial charge in [-0.15, -0.1) is 0 Å². The zero-order valence-electron chi connectivity index (χ0n) is 15.9. The van der Waals surface area contributed by atoms with Crippen LogP contribution in [-0.2, 0) is 11.0 Å². The van der Waals surface area contributed by atoms with E-state index in [2.05, 4.69) is 10.6 Å². The zero-order chi connectivity index (χ0) is 21.0. The summed E-state index contributed by atoms with van der Waals surface area (Å²) in [6.07, 6.45) is -2.83. The molecule has 1 saturated carbocycles. The van der Waals surface area contributed by atoms with Crippen LogP contribution in [0.1, 0.15) is 24.0 Å². The molecule has 3 rings (SSSR count). The van der Waals surface area contributed by atoms with Gasteiger partial charge < -0.3 is 10.6 Å². The minimum absolute atomic E-state index is 0.0124. The molecular weight excluding hydrogens is 383 g/mol. The normalized spacial score (nSPS) is 13.7. The summed E-state index contributed by atoms with van der Waals surface area (Å²) >= 11 is 0. The van der Waals surface area contributed by atoms with Crippen molar-refractivity contribution >= 4 is 23.3 Å². The monoisotopic (exact) mass is 405 g/mol. The minimum atomic E-state index is -4.52. The minimum Gasteiger partial charge on any atom is -0.354 e. The molecule has 1 aliphatic carbocycles. The summed E-state index contributed by atoms with van der Waals surface area (Å²) in [6, 6.07) is 11.1. The van der Waals surface area contributed by atoms with E-state index in [0.717, 1.165) is 30.5 Å². The molecule has 0 aromatic heterocycles. The second-order valence-corrected chi connectivity index (χ2v) is 7.06. The molecule has 0 aliphatic heterocycles. The van der Waals surface area contributed by atoms with Gasteiger partial charge in [0.2, 0.25) is 5.91 Å². The van der Waals surface area contributed by atoms with Crippen molar-refractivity contribution in [3.63, 3.8) is 0 Å². The van der Waals surface area contributed by atoms with Crippen molar-refractivity contribution in [1.82, 2.24) is 5.32 Å². The van der Waals surface area contributed by atoms with Crippen LogP contribution in [0.15, 0.2) is 48.5 Å². The van der Waals surface area contributed by atoms with Crippen LogP contribution in [-0.4, -0.2) is 25.0 Å². The van der Waals surface area contributed by atoms with Gasteiger partial charge in [-0.1, -0.05) is 23.8 Å². The third-order valence-corrected chi connectivity index (χ3v) is 4.62. The van der Waals surface area contributed by atoms with Gasteiger partial charge >= 0.3 is 12.2 Å². The van der Waals surface area contributed by atoms with Crippen molar-refractivity contribution in [3.8, 4) is 0 Å². The molecule has 0 saturated heterocycles. The average Bonchev–Trinajstić information content (AvgIpc) is 3.51. The summed E-state index contributed by atoms with van der Waals surface area (Å²) < 4.78 is 39.3. The first-order chi connectivity index (χ1) is 13.7. The number of aryl methyl sites for hydroxylation is 1. The molecule has 8 heteroatoms. The van der Waals surface area contributed by atoms with E-state index in [0.29, 0.717) is 5.69 Å². The van der Waals surface area contributed by atoms with E-state index in [4.69, 9.17) is 0 Å². The fraction of sp³-hybridized carbons (Fsp3) is 0.333. The SMILES string of the molecule is Cc1ccc(NC(=O)N(CCNC(=O)C2CC2)c2cccc(C(F)(F)F)c2)cc1. The summed E-state index contributed by atoms with van der Waals surface area (Å²) in [6.45, 7) is 2.09. The Bertz CT molecular complexity index is 877. The summed E-state index contributed by atoms with van der Waals surface area (Å²) in [5, 5.41) is 5.43. The Morgan fingerprint density at radius 3 is 2.41 bits per heavy atom. The number of rotatable bonds is 6. The first kappa shape index (κ1) is 20.7. The molecular formula is C21H22F3N3O2. The lowest BCUT2D eigenvalue weighted by Crippen LogP contribution is -2.41. The molecule has 0 spiro atoms. The molecule has 0 heterocycles. The fourth-order valence-electron chi connectivity index (χ4n) is 2.81. The van der Waals surface area contributed by atoms with Crippen LogP contribution in [0.4, 0.5) is 29.3 Å². The lowest BCUT2D eigenvalue weighted by Gasteiger charge is -2.24. The molecule has 0 unspecified atom stereocenters. The second kappa shape index (κ2) is 8.55. The molecule has 1 aliphatic rings. The Labute approximate surface area is 166 Å². The number of amides is 3. The van der Waals surface area contributed by atoms with Crippen LogP contribution in [0.25, 0.3) is 0 Å². The number of halogens is 3. The van der Waals surface area contributed by atoms with Crippen molar-refractivity contribution in [1.29, 1.82) is 0 Å². The number of benzene rings is 2. The molecule has 2 aromatic carbocycles. The predicted octanol–water partition coefficient (Wildman–Crippen LogP) is 4.58. The highest BCUT2D eigenvalue weighted by atomic mass is 19.4. The molecule has 5 nitrogen and oxygen atoms in total. The number of anilines is 2. The lowest BCUT2D eigenvalue weighted by molar-refractivity contribution is -0.137. The number of nitrogens with zero attached hydrogens (tertiary/aromatic N) is 1. The van der Waals surface area contributed by atoms with Gasteiger partial charge in [0.1, 0.15) is 0 Å². The Morgan fingerprint density at radius 2 is 1.79 bits per heavy atom. The Morgan fingerprint density at radius 1 is 1.10 bits per heavy atom. The van der Waals surface area contributed by atoms with Gasteiger partial charge in [-0.3, -0.25) is 9.69 Å². The smallest absolute Gasteiger partial charge is 0.354 e. The van der Waals surface area contributed by atoms with Crippen molar-refractivity contribution in [2.24, 2.45) is 5.92 Å². The van der Waals surface area contributed by atoms with Gasteiger partial charge in [0.15, 0.2) is 0 Å². The number of carbonyl (C=O) groups is 2. The number of nitrogens with one attached hydrogen (secondary N) is 2. The quantitative estimate of drug-likeness (QED) is 0.739. The van der Waals surface area contributed by atoms with Gasteiger partial charge in [0.05, 0.1) is 5.56 Å². The van der Waals surface area contributed by atoms with Crippen LogP contribution in [0.2, 0.25) is 0 Å². The maximum Gasteiger partial charge on any atom is 0.416 e. The third kappa shape index (κ3) is 5.73. The summed E-state index contributed by atoms with van der Waals surface area (Å²) in [5.41, 5.74) is 0.801. The molecule has 2 aromatic rings. The number of carbonyl (C=O) groups excluding carboxylic acids is 2. The van der Waals surface area contributed by atoms with E-state index in [9.17, 15) is 22.8 Å². The zero-order valence-corrected chi connectivity index (χ0v) is 15.9. The number of hydrogen-bond donors (Lipinski definition) is 2. The van der Waals surface area contributed by atoms with E-state index >= 15 is 0 Å². The van der Waals surface area contributed by atoms with Crippen LogP contribution in [0, 0.1) is 12.8 Å². The Hall–Kier alpha value is -3.03. The van der Waals surface area contributed by atoms with Crippen LogP contribution < -0.4 is 15.5 Å². The van der Waals surface area contributed by atoms with E-state index in [1.54, 1.807) is 12.1 Å². The van der Waals surface area contributed by atoms with Gasteiger partial charge in [0, 0.05) is 30.4 Å². The third-order valence-electron chi connectivity index (χ3n) is 4.62. The summed E-state index contributed by atoms with van der Waals surface area (Å²) in [4.78, 5) is 25.8. The highest BCUT2D eigenvalue weighted by Gasteiger charge is 2.32. The Kier molecular flexibility index (Phi) is 6.10. The van der Waals surface area contributed by atoms with Crippen LogP contribution in [0.5, 0.6) is 0 Å². The number of hydrogen-bond acceptors (Lipinski definition) is 2. The van der Waals surface area contributed by atoms with Gasteiger partial charge in [0.25, 0.3) is 0 Å². The van der Waals surface area contributed by atoms with Crippen LogP contribution in [0.3, 0.4) is 0 Å². The van der Waals surface area contributed by atoms with Crippen molar-refractivity contribution < 1.29 is 22.8 Å². The molecule has 3 amide bonds. The maximum atomic E-state index is 13.1. The highest BCUT2D eigenvalue weighted by molar-refractivity contribution is 6.01. The molecule has 29 heavy (non-hydrogen) atoms. The predicted molar refractivity (Wildman–Crippen MR) is 105 cm³/mol. The standard InChI is InChI=1S/C21H22F3N3O2/c1-14-5-9-17(10-6-14)26-20(29)27(12-11-25-19(28)15-7-8-15)18-4-2-3-16(13-18)21(22,23)24/h2-6,9-10,13,15H,7-8,11-12H2,1H3,(H,25,28)(H,26,29). The van der Waals surface area contributed by atoms with Gasteiger partial charge in [-0.25, -0.2) is 4.79 Å². The average molecular weight is 405 g/mol. The number of urea groups is 1. The van der Waals surface area contributed by atoms with E-state index in [1.807, 2.05) is 19.1 Å². The fourth-order valence-corrected chi connectivity index (χ4v) is 2.81. The maximum absolute atomic E-state index is 13.1. The van der Waals surface area contributed by atoms with Crippen molar-refractivity contribution in [3.05, 3.63) is 59.7 Å².